The summed E-state index contributed by atoms with van der Waals surface area (Å²) in [5.41, 5.74) is 0. The van der Waals surface area contributed by atoms with E-state index in [2.05, 4.69) is 60.7 Å². The molecule has 0 radical (unpaired) electrons. The Kier molecular flexibility index (Phi) is 4.87. The second kappa shape index (κ2) is 5.96. The van der Waals surface area contributed by atoms with Crippen LogP contribution >= 0.6 is 0 Å². The van der Waals surface area contributed by atoms with Crippen LogP contribution in [0.2, 0.25) is 0 Å². The standard InChI is InChI=1S/2C6H5.ClH.Ga/c2*1-2-4-6-5-3-1;;/h2*1-5H;1H;/q;;;+1/p-1. The van der Waals surface area contributed by atoms with Crippen molar-refractivity contribution in [3.63, 3.8) is 0 Å². The number of benzene rings is 2. The van der Waals surface area contributed by atoms with E-state index < -0.39 is 17.4 Å². The van der Waals surface area contributed by atoms with Crippen LogP contribution in [0.1, 0.15) is 0 Å². The van der Waals surface area contributed by atoms with Crippen molar-refractivity contribution in [1.82, 2.24) is 0 Å². The summed E-state index contributed by atoms with van der Waals surface area (Å²) in [6.45, 7) is 0. The van der Waals surface area contributed by atoms with Crippen LogP contribution in [0, 0.1) is 0 Å². The van der Waals surface area contributed by atoms with Crippen molar-refractivity contribution >= 4 is 25.6 Å². The van der Waals surface area contributed by atoms with Crippen molar-refractivity contribution < 1.29 is 12.4 Å². The number of rotatable bonds is 2. The molecule has 14 heavy (non-hydrogen) atoms. The molecule has 0 unspecified atom stereocenters. The van der Waals surface area contributed by atoms with Crippen LogP contribution in [0.5, 0.6) is 0 Å². The van der Waals surface area contributed by atoms with Crippen LogP contribution < -0.4 is 20.6 Å². The van der Waals surface area contributed by atoms with E-state index in [0.29, 0.717) is 0 Å². The molecule has 0 saturated carbocycles. The van der Waals surface area contributed by atoms with E-state index in [-0.39, 0.29) is 12.4 Å². The van der Waals surface area contributed by atoms with Gasteiger partial charge in [-0.15, -0.1) is 0 Å². The predicted octanol–water partition coefficient (Wildman–Crippen LogP) is -1.65. The fourth-order valence-electron chi connectivity index (χ4n) is 1.29. The molecule has 0 fully saturated rings. The van der Waals surface area contributed by atoms with Crippen LogP contribution in [0.3, 0.4) is 0 Å². The van der Waals surface area contributed by atoms with Gasteiger partial charge in [0.05, 0.1) is 0 Å². The predicted molar refractivity (Wildman–Crippen MR) is 57.9 cm³/mol. The van der Waals surface area contributed by atoms with Crippen molar-refractivity contribution in [1.29, 1.82) is 0 Å². The molecule has 2 rings (SSSR count). The quantitative estimate of drug-likeness (QED) is 0.567. The van der Waals surface area contributed by atoms with Crippen molar-refractivity contribution in [2.24, 2.45) is 0 Å². The summed E-state index contributed by atoms with van der Waals surface area (Å²) in [5, 5.41) is 0. The van der Waals surface area contributed by atoms with Crippen molar-refractivity contribution in [2.45, 2.75) is 0 Å². The van der Waals surface area contributed by atoms with Crippen LogP contribution in [-0.4, -0.2) is 17.4 Å². The third kappa shape index (κ3) is 3.26. The Balaban J connectivity index is 0.000000980. The van der Waals surface area contributed by atoms with Gasteiger partial charge in [0.1, 0.15) is 0 Å². The normalized spacial score (nSPS) is 8.57. The van der Waals surface area contributed by atoms with Crippen molar-refractivity contribution in [3.8, 4) is 0 Å². The van der Waals surface area contributed by atoms with E-state index in [1.165, 1.54) is 8.24 Å². The average molecular weight is 259 g/mol. The van der Waals surface area contributed by atoms with Crippen molar-refractivity contribution in [2.75, 3.05) is 0 Å². The van der Waals surface area contributed by atoms with Gasteiger partial charge in [0, 0.05) is 0 Å². The van der Waals surface area contributed by atoms with Gasteiger partial charge in [-0.2, -0.15) is 0 Å². The molecule has 0 amide bonds. The Morgan fingerprint density at radius 1 is 0.571 bits per heavy atom. The third-order valence-corrected chi connectivity index (χ3v) is 4.95. The molecular weight excluding hydrogens is 249 g/mol. The molecule has 0 spiro atoms. The van der Waals surface area contributed by atoms with Crippen molar-refractivity contribution in [3.05, 3.63) is 60.7 Å². The maximum atomic E-state index is 2.23. The monoisotopic (exact) mass is 258 g/mol. The minimum absolute atomic E-state index is 0. The first kappa shape index (κ1) is 11.4. The molecule has 0 aliphatic rings. The number of hydrogen-bond acceptors (Lipinski definition) is 0. The zero-order valence-corrected chi connectivity index (χ0v) is 10.9. The average Bonchev–Trinajstić information content (AvgIpc) is 2.21. The fraction of sp³-hybridized carbons (Fsp3) is 0. The Bertz CT molecular complexity index is 321. The van der Waals surface area contributed by atoms with Crippen LogP contribution in [0.4, 0.5) is 0 Å². The second-order valence-electron chi connectivity index (χ2n) is 2.97. The summed E-state index contributed by atoms with van der Waals surface area (Å²) in [6, 6.07) is 21.5. The van der Waals surface area contributed by atoms with Gasteiger partial charge in [0.15, 0.2) is 0 Å². The summed E-state index contributed by atoms with van der Waals surface area (Å²) in [7, 11) is 0. The topological polar surface area (TPSA) is 0 Å². The molecule has 0 saturated heterocycles. The van der Waals surface area contributed by atoms with E-state index in [0.717, 1.165) is 0 Å². The zero-order valence-electron chi connectivity index (χ0n) is 7.73. The van der Waals surface area contributed by atoms with E-state index >= 15 is 0 Å². The Morgan fingerprint density at radius 3 is 1.29 bits per heavy atom. The molecule has 0 bridgehead atoms. The third-order valence-electron chi connectivity index (χ3n) is 1.93. The molecule has 0 nitrogen and oxygen atoms in total. The maximum absolute atomic E-state index is 2.23. The van der Waals surface area contributed by atoms with E-state index in [4.69, 9.17) is 0 Å². The second-order valence-corrected chi connectivity index (χ2v) is 6.37. The molecule has 2 heteroatoms. The molecular formula is C12H10ClGa. The fourth-order valence-corrected chi connectivity index (χ4v) is 3.84. The van der Waals surface area contributed by atoms with E-state index in [1.54, 1.807) is 0 Å². The molecule has 0 aromatic heterocycles. The first-order chi connectivity index (χ1) is 6.45. The van der Waals surface area contributed by atoms with Gasteiger partial charge in [-0.1, -0.05) is 0 Å². The van der Waals surface area contributed by atoms with Gasteiger partial charge in [-0.05, 0) is 0 Å². The molecule has 0 aliphatic carbocycles. The first-order valence-corrected chi connectivity index (χ1v) is 6.82. The first-order valence-electron chi connectivity index (χ1n) is 4.40. The van der Waals surface area contributed by atoms with Gasteiger partial charge in [-0.25, -0.2) is 0 Å². The van der Waals surface area contributed by atoms with Crippen LogP contribution in [-0.2, 0) is 0 Å². The van der Waals surface area contributed by atoms with Crippen LogP contribution in [0.15, 0.2) is 60.7 Å². The van der Waals surface area contributed by atoms with Gasteiger partial charge in [0.2, 0.25) is 0 Å². The Hall–Kier alpha value is -0.634. The van der Waals surface area contributed by atoms with Gasteiger partial charge < -0.3 is 12.4 Å². The molecule has 0 atom stereocenters. The summed E-state index contributed by atoms with van der Waals surface area (Å²) in [4.78, 5) is 0. The summed E-state index contributed by atoms with van der Waals surface area (Å²) >= 11 is -0.392. The van der Waals surface area contributed by atoms with Gasteiger partial charge >= 0.3 is 86.3 Å². The summed E-state index contributed by atoms with van der Waals surface area (Å²) in [6.07, 6.45) is 0. The molecule has 2 aromatic rings. The zero-order chi connectivity index (χ0) is 8.93. The summed E-state index contributed by atoms with van der Waals surface area (Å²) in [5.74, 6) is 0. The van der Waals surface area contributed by atoms with Gasteiger partial charge in [-0.3, -0.25) is 0 Å². The Labute approximate surface area is 98.5 Å². The van der Waals surface area contributed by atoms with E-state index in [9.17, 15) is 0 Å². The van der Waals surface area contributed by atoms with Crippen LogP contribution in [0.25, 0.3) is 0 Å². The molecule has 2 aromatic carbocycles. The SMILES string of the molecule is [Cl-].c1cc[c]([Ga+][c]2ccccc2)cc1. The molecule has 0 N–H and O–H groups in total. The number of hydrogen-bond donors (Lipinski definition) is 0. The Morgan fingerprint density at radius 2 is 0.929 bits per heavy atom. The molecule has 0 aliphatic heterocycles. The minimum atomic E-state index is -0.392. The molecule has 68 valence electrons. The summed E-state index contributed by atoms with van der Waals surface area (Å²) < 4.78 is 3.05. The number of halogens is 1. The van der Waals surface area contributed by atoms with Gasteiger partial charge in [0.25, 0.3) is 0 Å². The molecule has 0 heterocycles. The van der Waals surface area contributed by atoms with E-state index in [1.807, 2.05) is 0 Å².